The molecule has 1 rings (SSSR count). The summed E-state index contributed by atoms with van der Waals surface area (Å²) in [4.78, 5) is 25.0. The van der Waals surface area contributed by atoms with E-state index in [9.17, 15) is 9.59 Å². The largest absolute Gasteiger partial charge is 0.480 e. The summed E-state index contributed by atoms with van der Waals surface area (Å²) < 4.78 is 0. The molecular weight excluding hydrogens is 258 g/mol. The average Bonchev–Trinajstić information content (AvgIpc) is 2.86. The highest BCUT2D eigenvalue weighted by Crippen LogP contribution is 2.32. The summed E-state index contributed by atoms with van der Waals surface area (Å²) in [6.45, 7) is 2.46. The van der Waals surface area contributed by atoms with Crippen molar-refractivity contribution < 1.29 is 14.7 Å². The lowest BCUT2D eigenvalue weighted by atomic mass is 9.96. The SMILES string of the molecule is CCCC(NC(=O)NCC1(N(C)C)CCCC1)C(=O)O. The smallest absolute Gasteiger partial charge is 0.326 e. The number of urea groups is 1. The first kappa shape index (κ1) is 16.8. The number of carbonyl (C=O) groups excluding carboxylic acids is 1. The monoisotopic (exact) mass is 285 g/mol. The van der Waals surface area contributed by atoms with E-state index in [1.165, 1.54) is 12.8 Å². The number of nitrogens with one attached hydrogen (secondary N) is 2. The van der Waals surface area contributed by atoms with Gasteiger partial charge in [-0.2, -0.15) is 0 Å². The van der Waals surface area contributed by atoms with E-state index < -0.39 is 12.0 Å². The number of likely N-dealkylation sites (N-methyl/N-ethyl adjacent to an activating group) is 1. The molecule has 1 saturated carbocycles. The van der Waals surface area contributed by atoms with Crippen molar-refractivity contribution in [2.75, 3.05) is 20.6 Å². The lowest BCUT2D eigenvalue weighted by Crippen LogP contribution is -2.54. The third kappa shape index (κ3) is 4.37. The minimum atomic E-state index is -0.981. The van der Waals surface area contributed by atoms with Gasteiger partial charge in [-0.25, -0.2) is 9.59 Å². The number of carboxylic acid groups (broad SMARTS) is 1. The number of carbonyl (C=O) groups is 2. The third-order valence-electron chi connectivity index (χ3n) is 4.24. The molecule has 0 aromatic heterocycles. The lowest BCUT2D eigenvalue weighted by molar-refractivity contribution is -0.139. The van der Waals surface area contributed by atoms with Crippen LogP contribution >= 0.6 is 0 Å². The molecule has 0 aliphatic heterocycles. The topological polar surface area (TPSA) is 81.7 Å². The Labute approximate surface area is 120 Å². The van der Waals surface area contributed by atoms with Gasteiger partial charge in [0.15, 0.2) is 0 Å². The molecule has 0 heterocycles. The van der Waals surface area contributed by atoms with Crippen LogP contribution < -0.4 is 10.6 Å². The number of amides is 2. The second kappa shape index (κ2) is 7.47. The van der Waals surface area contributed by atoms with Gasteiger partial charge < -0.3 is 20.6 Å². The number of hydrogen-bond acceptors (Lipinski definition) is 3. The van der Waals surface area contributed by atoms with Crippen molar-refractivity contribution in [3.8, 4) is 0 Å². The molecule has 0 aromatic rings. The van der Waals surface area contributed by atoms with Crippen LogP contribution in [-0.4, -0.2) is 54.2 Å². The number of aliphatic carboxylic acids is 1. The molecule has 3 N–H and O–H groups in total. The van der Waals surface area contributed by atoms with Gasteiger partial charge in [-0.05, 0) is 33.4 Å². The first-order valence-corrected chi connectivity index (χ1v) is 7.36. The van der Waals surface area contributed by atoms with E-state index in [-0.39, 0.29) is 11.6 Å². The van der Waals surface area contributed by atoms with Gasteiger partial charge >= 0.3 is 12.0 Å². The van der Waals surface area contributed by atoms with Gasteiger partial charge in [-0.15, -0.1) is 0 Å². The van der Waals surface area contributed by atoms with E-state index in [4.69, 9.17) is 5.11 Å². The number of rotatable bonds is 7. The van der Waals surface area contributed by atoms with Crippen molar-refractivity contribution in [1.82, 2.24) is 15.5 Å². The Morgan fingerprint density at radius 1 is 1.30 bits per heavy atom. The maximum Gasteiger partial charge on any atom is 0.326 e. The van der Waals surface area contributed by atoms with Crippen molar-refractivity contribution in [3.63, 3.8) is 0 Å². The Morgan fingerprint density at radius 3 is 2.35 bits per heavy atom. The zero-order valence-electron chi connectivity index (χ0n) is 12.7. The molecule has 116 valence electrons. The van der Waals surface area contributed by atoms with Crippen LogP contribution in [0.2, 0.25) is 0 Å². The van der Waals surface area contributed by atoms with Crippen molar-refractivity contribution in [2.24, 2.45) is 0 Å². The summed E-state index contributed by atoms with van der Waals surface area (Å²) in [5.74, 6) is -0.981. The van der Waals surface area contributed by atoms with Gasteiger partial charge in [0, 0.05) is 12.1 Å². The molecule has 1 aliphatic rings. The normalized spacial score (nSPS) is 18.8. The fourth-order valence-corrected chi connectivity index (χ4v) is 2.82. The van der Waals surface area contributed by atoms with Gasteiger partial charge in [-0.1, -0.05) is 26.2 Å². The molecule has 0 radical (unpaired) electrons. The van der Waals surface area contributed by atoms with Crippen LogP contribution in [0.1, 0.15) is 45.4 Å². The molecule has 1 aliphatic carbocycles. The summed E-state index contributed by atoms with van der Waals surface area (Å²) in [7, 11) is 4.06. The highest BCUT2D eigenvalue weighted by Gasteiger charge is 2.36. The van der Waals surface area contributed by atoms with Gasteiger partial charge in [0.05, 0.1) is 0 Å². The van der Waals surface area contributed by atoms with Crippen LogP contribution in [0, 0.1) is 0 Å². The van der Waals surface area contributed by atoms with Crippen LogP contribution in [0.15, 0.2) is 0 Å². The fourth-order valence-electron chi connectivity index (χ4n) is 2.82. The zero-order valence-corrected chi connectivity index (χ0v) is 12.7. The molecule has 0 aromatic carbocycles. The van der Waals surface area contributed by atoms with E-state index in [0.717, 1.165) is 19.3 Å². The molecule has 6 nitrogen and oxygen atoms in total. The molecule has 20 heavy (non-hydrogen) atoms. The third-order valence-corrected chi connectivity index (χ3v) is 4.24. The first-order valence-electron chi connectivity index (χ1n) is 7.36. The number of nitrogens with zero attached hydrogens (tertiary/aromatic N) is 1. The minimum absolute atomic E-state index is 0.0147. The molecule has 1 fully saturated rings. The van der Waals surface area contributed by atoms with Crippen LogP contribution in [0.3, 0.4) is 0 Å². The predicted molar refractivity (Wildman–Crippen MR) is 77.8 cm³/mol. The Bertz CT molecular complexity index is 339. The van der Waals surface area contributed by atoms with Crippen LogP contribution in [0.4, 0.5) is 4.79 Å². The molecule has 1 atom stereocenters. The van der Waals surface area contributed by atoms with Gasteiger partial charge in [-0.3, -0.25) is 0 Å². The first-order chi connectivity index (χ1) is 9.41. The summed E-state index contributed by atoms with van der Waals surface area (Å²) in [5.41, 5.74) is 0.0147. The second-order valence-electron chi connectivity index (χ2n) is 5.83. The summed E-state index contributed by atoms with van der Waals surface area (Å²) in [5, 5.41) is 14.4. The molecule has 0 bridgehead atoms. The molecule has 2 amide bonds. The highest BCUT2D eigenvalue weighted by atomic mass is 16.4. The summed E-state index contributed by atoms with van der Waals surface area (Å²) in [6, 6.07) is -1.20. The predicted octanol–water partition coefficient (Wildman–Crippen LogP) is 1.41. The molecular formula is C14H27N3O3. The van der Waals surface area contributed by atoms with Gasteiger partial charge in [0.25, 0.3) is 0 Å². The van der Waals surface area contributed by atoms with E-state index in [0.29, 0.717) is 13.0 Å². The average molecular weight is 285 g/mol. The Balaban J connectivity index is 2.47. The number of carboxylic acids is 1. The fraction of sp³-hybridized carbons (Fsp3) is 0.857. The number of hydrogen-bond donors (Lipinski definition) is 3. The van der Waals surface area contributed by atoms with Crippen LogP contribution in [-0.2, 0) is 4.79 Å². The Morgan fingerprint density at radius 2 is 1.90 bits per heavy atom. The molecule has 6 heteroatoms. The Hall–Kier alpha value is -1.30. The second-order valence-corrected chi connectivity index (χ2v) is 5.83. The molecule has 0 saturated heterocycles. The summed E-state index contributed by atoms with van der Waals surface area (Å²) in [6.07, 6.45) is 5.65. The maximum absolute atomic E-state index is 11.9. The minimum Gasteiger partial charge on any atom is -0.480 e. The zero-order chi connectivity index (χ0) is 15.2. The van der Waals surface area contributed by atoms with E-state index >= 15 is 0 Å². The van der Waals surface area contributed by atoms with Gasteiger partial charge in [0.2, 0.25) is 0 Å². The van der Waals surface area contributed by atoms with Crippen molar-refractivity contribution in [1.29, 1.82) is 0 Å². The lowest BCUT2D eigenvalue weighted by Gasteiger charge is -2.36. The maximum atomic E-state index is 11.9. The Kier molecular flexibility index (Phi) is 6.26. The van der Waals surface area contributed by atoms with Crippen LogP contribution in [0.25, 0.3) is 0 Å². The quantitative estimate of drug-likeness (QED) is 0.660. The van der Waals surface area contributed by atoms with Crippen LogP contribution in [0.5, 0.6) is 0 Å². The van der Waals surface area contributed by atoms with Gasteiger partial charge in [0.1, 0.15) is 6.04 Å². The van der Waals surface area contributed by atoms with Crippen molar-refractivity contribution >= 4 is 12.0 Å². The molecule has 1 unspecified atom stereocenters. The summed E-state index contributed by atoms with van der Waals surface area (Å²) >= 11 is 0. The standard InChI is InChI=1S/C14H27N3O3/c1-4-7-11(12(18)19)16-13(20)15-10-14(17(2)3)8-5-6-9-14/h11H,4-10H2,1-3H3,(H,18,19)(H2,15,16,20). The van der Waals surface area contributed by atoms with Crippen molar-refractivity contribution in [2.45, 2.75) is 57.0 Å². The van der Waals surface area contributed by atoms with E-state index in [1.807, 2.05) is 21.0 Å². The highest BCUT2D eigenvalue weighted by molar-refractivity contribution is 5.82. The van der Waals surface area contributed by atoms with E-state index in [2.05, 4.69) is 15.5 Å². The van der Waals surface area contributed by atoms with E-state index in [1.54, 1.807) is 0 Å². The van der Waals surface area contributed by atoms with Crippen molar-refractivity contribution in [3.05, 3.63) is 0 Å². The molecule has 0 spiro atoms.